The molecule has 0 bridgehead atoms. The van der Waals surface area contributed by atoms with Crippen LogP contribution >= 0.6 is 11.6 Å². The number of carbonyl (C=O) groups excluding carboxylic acids is 2. The van der Waals surface area contributed by atoms with Crippen molar-refractivity contribution in [3.8, 4) is 11.3 Å². The van der Waals surface area contributed by atoms with Gasteiger partial charge >= 0.3 is 6.09 Å². The molecule has 1 atom stereocenters. The molecule has 37 heavy (non-hydrogen) atoms. The number of aromatic amines is 1. The Labute approximate surface area is 216 Å². The first kappa shape index (κ1) is 24.3. The first-order chi connectivity index (χ1) is 17.6. The van der Waals surface area contributed by atoms with Crippen molar-refractivity contribution in [2.75, 3.05) is 5.32 Å². The highest BCUT2D eigenvalue weighted by Gasteiger charge is 2.27. The number of halogens is 1. The third-order valence-corrected chi connectivity index (χ3v) is 5.81. The third kappa shape index (κ3) is 4.70. The molecule has 0 fully saturated rings. The molecule has 5 rings (SSSR count). The van der Waals surface area contributed by atoms with Crippen molar-refractivity contribution in [3.05, 3.63) is 65.6 Å². The number of pyridine rings is 1. The van der Waals surface area contributed by atoms with Crippen LogP contribution < -0.4 is 10.6 Å². The predicted molar refractivity (Wildman–Crippen MR) is 137 cm³/mol. The zero-order valence-electron chi connectivity index (χ0n) is 20.5. The molecule has 0 aliphatic rings. The molecule has 5 heterocycles. The van der Waals surface area contributed by atoms with Gasteiger partial charge in [0.1, 0.15) is 11.2 Å². The number of amides is 2. The predicted octanol–water partition coefficient (Wildman–Crippen LogP) is 4.26. The Morgan fingerprint density at radius 2 is 2.05 bits per heavy atom. The number of hydrogen-bond acceptors (Lipinski definition) is 7. The number of fused-ring (bicyclic) bond motifs is 2. The molecule has 190 valence electrons. The number of hydrogen-bond donors (Lipinski definition) is 3. The Hall–Kier alpha value is -4.45. The Morgan fingerprint density at radius 1 is 1.24 bits per heavy atom. The number of rotatable bonds is 5. The van der Waals surface area contributed by atoms with Crippen LogP contribution in [0.1, 0.15) is 49.7 Å². The Balaban J connectivity index is 1.52. The lowest BCUT2D eigenvalue weighted by Gasteiger charge is -2.20. The lowest BCUT2D eigenvalue weighted by atomic mass is 10.0. The first-order valence-corrected chi connectivity index (χ1v) is 11.8. The van der Waals surface area contributed by atoms with Crippen LogP contribution in [0.3, 0.4) is 0 Å². The third-order valence-electron chi connectivity index (χ3n) is 5.51. The molecule has 0 aliphatic heterocycles. The number of nitrogens with one attached hydrogen (secondary N) is 3. The normalized spacial score (nSPS) is 12.6. The molecule has 3 N–H and O–H groups in total. The van der Waals surface area contributed by atoms with Gasteiger partial charge in [-0.05, 0) is 39.8 Å². The molecule has 2 amide bonds. The number of H-pyrrole nitrogens is 1. The zero-order chi connectivity index (χ0) is 26.3. The van der Waals surface area contributed by atoms with E-state index in [1.165, 1.54) is 10.7 Å². The van der Waals surface area contributed by atoms with Crippen LogP contribution in [-0.4, -0.2) is 51.8 Å². The largest absolute Gasteiger partial charge is 0.444 e. The average molecular weight is 522 g/mol. The minimum atomic E-state index is -0.738. The lowest BCUT2D eigenvalue weighted by Crippen LogP contribution is -2.30. The number of carbonyl (C=O) groups is 2. The van der Waals surface area contributed by atoms with Crippen molar-refractivity contribution >= 4 is 40.6 Å². The monoisotopic (exact) mass is 521 g/mol. The topological polar surface area (TPSA) is 144 Å². The summed E-state index contributed by atoms with van der Waals surface area (Å²) in [5.74, 6) is -0.469. The quantitative estimate of drug-likeness (QED) is 0.313. The number of nitrogens with zero attached hydrogens (tertiary/aromatic N) is 6. The summed E-state index contributed by atoms with van der Waals surface area (Å²) in [7, 11) is 0. The van der Waals surface area contributed by atoms with Crippen molar-refractivity contribution in [2.24, 2.45) is 0 Å². The highest BCUT2D eigenvalue weighted by atomic mass is 35.5. The maximum atomic E-state index is 13.6. The van der Waals surface area contributed by atoms with Crippen LogP contribution in [0.2, 0.25) is 5.02 Å². The highest BCUT2D eigenvalue weighted by molar-refractivity contribution is 6.34. The van der Waals surface area contributed by atoms with Crippen molar-refractivity contribution in [1.82, 2.24) is 39.5 Å². The fourth-order valence-electron chi connectivity index (χ4n) is 4.01. The van der Waals surface area contributed by atoms with Crippen molar-refractivity contribution in [3.63, 3.8) is 0 Å². The van der Waals surface area contributed by atoms with Crippen LogP contribution in [0.5, 0.6) is 0 Å². The molecule has 0 spiro atoms. The molecular weight excluding hydrogens is 498 g/mol. The molecule has 1 unspecified atom stereocenters. The fourth-order valence-corrected chi connectivity index (χ4v) is 4.27. The Kier molecular flexibility index (Phi) is 6.04. The standard InChI is InChI=1S/C24H24ClN9O3/c1-13(15-8-16(25)17-11-26-12-33(17)19(15)14-9-28-29-10-14)30-22(35)18-20(31-23(36)37-24(2,3)4)32-34-7-5-6-27-21(18)34/h5-13H,1-4H3,(H,28,29)(H,30,35)(H,31,32,36). The van der Waals surface area contributed by atoms with E-state index in [1.807, 2.05) is 11.3 Å². The maximum Gasteiger partial charge on any atom is 0.413 e. The molecule has 13 heteroatoms. The summed E-state index contributed by atoms with van der Waals surface area (Å²) in [6, 6.07) is 2.94. The molecule has 5 aromatic rings. The SMILES string of the molecule is CC(NC(=O)c1c(NC(=O)OC(C)(C)C)nn2cccnc12)c1cc(Cl)c2cncn2c1-c1cn[nH]c1. The van der Waals surface area contributed by atoms with Gasteiger partial charge in [0, 0.05) is 29.7 Å². The summed E-state index contributed by atoms with van der Waals surface area (Å²) in [5, 5.41) is 17.2. The highest BCUT2D eigenvalue weighted by Crippen LogP contribution is 2.33. The van der Waals surface area contributed by atoms with E-state index >= 15 is 0 Å². The van der Waals surface area contributed by atoms with Crippen molar-refractivity contribution < 1.29 is 14.3 Å². The minimum Gasteiger partial charge on any atom is -0.444 e. The summed E-state index contributed by atoms with van der Waals surface area (Å²) < 4.78 is 8.60. The molecule has 0 aliphatic carbocycles. The van der Waals surface area contributed by atoms with Crippen molar-refractivity contribution in [1.29, 1.82) is 0 Å². The number of ether oxygens (including phenoxy) is 1. The van der Waals surface area contributed by atoms with Gasteiger partial charge in [0.2, 0.25) is 0 Å². The van der Waals surface area contributed by atoms with Gasteiger partial charge in [0.05, 0.1) is 41.0 Å². The number of imidazole rings is 1. The average Bonchev–Trinajstić information content (AvgIpc) is 3.57. The molecule has 0 saturated carbocycles. The van der Waals surface area contributed by atoms with Gasteiger partial charge in [0.15, 0.2) is 11.5 Å². The molecule has 5 aromatic heterocycles. The van der Waals surface area contributed by atoms with Gasteiger partial charge in [0.25, 0.3) is 5.91 Å². The van der Waals surface area contributed by atoms with E-state index in [0.717, 1.165) is 22.3 Å². The Morgan fingerprint density at radius 3 is 2.78 bits per heavy atom. The minimum absolute atomic E-state index is 0.0239. The second-order valence-corrected chi connectivity index (χ2v) is 9.77. The molecular formula is C24H24ClN9O3. The molecule has 0 aromatic carbocycles. The summed E-state index contributed by atoms with van der Waals surface area (Å²) >= 11 is 6.55. The van der Waals surface area contributed by atoms with Gasteiger partial charge in [-0.1, -0.05) is 11.6 Å². The second-order valence-electron chi connectivity index (χ2n) is 9.37. The van der Waals surface area contributed by atoms with Gasteiger partial charge in [-0.2, -0.15) is 5.10 Å². The van der Waals surface area contributed by atoms with Crippen LogP contribution in [0.15, 0.2) is 49.4 Å². The van der Waals surface area contributed by atoms with E-state index in [4.69, 9.17) is 16.3 Å². The molecule has 0 radical (unpaired) electrons. The van der Waals surface area contributed by atoms with Crippen LogP contribution in [0.4, 0.5) is 10.6 Å². The lowest BCUT2D eigenvalue weighted by molar-refractivity contribution is 0.0635. The fraction of sp³-hybridized carbons (Fsp3) is 0.250. The smallest absolute Gasteiger partial charge is 0.413 e. The van der Waals surface area contributed by atoms with E-state index in [0.29, 0.717) is 5.02 Å². The van der Waals surface area contributed by atoms with E-state index < -0.39 is 23.6 Å². The Bertz CT molecular complexity index is 1620. The van der Waals surface area contributed by atoms with Gasteiger partial charge in [-0.25, -0.2) is 19.3 Å². The summed E-state index contributed by atoms with van der Waals surface area (Å²) in [4.78, 5) is 34.6. The molecule has 0 saturated heterocycles. The van der Waals surface area contributed by atoms with Crippen LogP contribution in [0.25, 0.3) is 22.4 Å². The first-order valence-electron chi connectivity index (χ1n) is 11.4. The van der Waals surface area contributed by atoms with Crippen molar-refractivity contribution in [2.45, 2.75) is 39.3 Å². The van der Waals surface area contributed by atoms with Crippen LogP contribution in [-0.2, 0) is 4.74 Å². The molecule has 12 nitrogen and oxygen atoms in total. The number of aromatic nitrogens is 7. The summed E-state index contributed by atoms with van der Waals surface area (Å²) in [6.07, 6.45) is 9.18. The zero-order valence-corrected chi connectivity index (χ0v) is 21.2. The maximum absolute atomic E-state index is 13.6. The number of anilines is 1. The summed E-state index contributed by atoms with van der Waals surface area (Å²) in [6.45, 7) is 7.06. The summed E-state index contributed by atoms with van der Waals surface area (Å²) in [5.41, 5.74) is 2.65. The van der Waals surface area contributed by atoms with Crippen LogP contribution in [0, 0.1) is 0 Å². The van der Waals surface area contributed by atoms with E-state index in [-0.39, 0.29) is 17.0 Å². The van der Waals surface area contributed by atoms with Gasteiger partial charge < -0.3 is 10.1 Å². The van der Waals surface area contributed by atoms with Gasteiger partial charge in [-0.15, -0.1) is 5.10 Å². The van der Waals surface area contributed by atoms with Gasteiger partial charge in [-0.3, -0.25) is 19.6 Å². The van der Waals surface area contributed by atoms with E-state index in [9.17, 15) is 9.59 Å². The van der Waals surface area contributed by atoms with E-state index in [1.54, 1.807) is 64.0 Å². The second kappa shape index (κ2) is 9.21. The van der Waals surface area contributed by atoms with E-state index in [2.05, 4.69) is 35.9 Å².